The van der Waals surface area contributed by atoms with E-state index in [0.29, 0.717) is 13.1 Å². The van der Waals surface area contributed by atoms with Gasteiger partial charge in [0.05, 0.1) is 0 Å². The number of carbonyl (C=O) groups is 3. The third-order valence-corrected chi connectivity index (χ3v) is 3.44. The molecule has 22 heavy (non-hydrogen) atoms. The lowest BCUT2D eigenvalue weighted by Gasteiger charge is -2.32. The molecule has 0 rings (SSSR count). The molecule has 0 aromatic heterocycles. The van der Waals surface area contributed by atoms with Crippen LogP contribution in [-0.4, -0.2) is 55.7 Å². The zero-order chi connectivity index (χ0) is 17.5. The first kappa shape index (κ1) is 20.6. The number of amides is 2. The first-order valence-electron chi connectivity index (χ1n) is 7.74. The van der Waals surface area contributed by atoms with Crippen LogP contribution in [-0.2, 0) is 14.4 Å². The zero-order valence-electron chi connectivity index (χ0n) is 14.9. The summed E-state index contributed by atoms with van der Waals surface area (Å²) in [6.07, 6.45) is 0.0430. The molecule has 2 amide bonds. The minimum Gasteiger partial charge on any atom is -0.353 e. The smallest absolute Gasteiger partial charge is 0.243 e. The third-order valence-electron chi connectivity index (χ3n) is 3.44. The van der Waals surface area contributed by atoms with E-state index < -0.39 is 11.5 Å². The molecule has 0 heterocycles. The van der Waals surface area contributed by atoms with Gasteiger partial charge in [-0.3, -0.25) is 14.4 Å². The molecule has 6 nitrogen and oxygen atoms in total. The van der Waals surface area contributed by atoms with Crippen molar-refractivity contribution in [3.05, 3.63) is 0 Å². The summed E-state index contributed by atoms with van der Waals surface area (Å²) in [5, 5.41) is 5.70. The van der Waals surface area contributed by atoms with Gasteiger partial charge in [0, 0.05) is 37.9 Å². The summed E-state index contributed by atoms with van der Waals surface area (Å²) in [6.45, 7) is 10.1. The minimum atomic E-state index is -0.765. The number of rotatable bonds is 8. The van der Waals surface area contributed by atoms with E-state index in [1.54, 1.807) is 48.7 Å². The second-order valence-corrected chi connectivity index (χ2v) is 6.90. The van der Waals surface area contributed by atoms with E-state index in [1.807, 2.05) is 0 Å². The van der Waals surface area contributed by atoms with Gasteiger partial charge in [-0.25, -0.2) is 0 Å². The first-order valence-corrected chi connectivity index (χ1v) is 7.74. The van der Waals surface area contributed by atoms with Crippen molar-refractivity contribution in [3.8, 4) is 0 Å². The highest BCUT2D eigenvalue weighted by Crippen LogP contribution is 2.20. The molecule has 0 aliphatic heterocycles. The topological polar surface area (TPSA) is 78.5 Å². The predicted octanol–water partition coefficient (Wildman–Crippen LogP) is 0.810. The van der Waals surface area contributed by atoms with Crippen LogP contribution < -0.4 is 10.6 Å². The Bertz CT molecular complexity index is 400. The average Bonchev–Trinajstić information content (AvgIpc) is 2.41. The second kappa shape index (κ2) is 8.88. The van der Waals surface area contributed by atoms with Crippen molar-refractivity contribution in [2.45, 2.75) is 47.1 Å². The van der Waals surface area contributed by atoms with Crippen LogP contribution in [0.25, 0.3) is 0 Å². The van der Waals surface area contributed by atoms with Gasteiger partial charge in [-0.2, -0.15) is 0 Å². The zero-order valence-corrected chi connectivity index (χ0v) is 14.9. The van der Waals surface area contributed by atoms with Crippen LogP contribution in [0.5, 0.6) is 0 Å². The van der Waals surface area contributed by atoms with Crippen molar-refractivity contribution in [2.24, 2.45) is 11.3 Å². The number of carbonyl (C=O) groups excluding carboxylic acids is 3. The van der Waals surface area contributed by atoms with Crippen LogP contribution in [0, 0.1) is 11.3 Å². The maximum atomic E-state index is 12.4. The van der Waals surface area contributed by atoms with Crippen molar-refractivity contribution in [3.63, 3.8) is 0 Å². The van der Waals surface area contributed by atoms with Gasteiger partial charge in [0.1, 0.15) is 11.8 Å². The number of likely N-dealkylation sites (N-methyl/N-ethyl adjacent to an activating group) is 2. The third kappa shape index (κ3) is 6.56. The van der Waals surface area contributed by atoms with Gasteiger partial charge in [-0.1, -0.05) is 34.6 Å². The van der Waals surface area contributed by atoms with Crippen LogP contribution in [0.2, 0.25) is 0 Å². The Morgan fingerprint density at radius 3 is 2.05 bits per heavy atom. The number of Topliss-reactive ketones (excluding diaryl/α,β-unsaturated/α-hetero) is 1. The lowest BCUT2D eigenvalue weighted by molar-refractivity contribution is -0.146. The van der Waals surface area contributed by atoms with Crippen LogP contribution >= 0.6 is 0 Å². The number of hydrogen-bond acceptors (Lipinski definition) is 4. The highest BCUT2D eigenvalue weighted by atomic mass is 16.2. The molecule has 6 heteroatoms. The normalized spacial score (nSPS) is 12.9. The van der Waals surface area contributed by atoms with E-state index in [-0.39, 0.29) is 29.9 Å². The van der Waals surface area contributed by atoms with Crippen molar-refractivity contribution < 1.29 is 14.4 Å². The molecule has 128 valence electrons. The Hall–Kier alpha value is -1.43. The summed E-state index contributed by atoms with van der Waals surface area (Å²) in [4.78, 5) is 38.2. The summed E-state index contributed by atoms with van der Waals surface area (Å²) in [5.74, 6) is -0.629. The molecule has 0 aliphatic carbocycles. The van der Waals surface area contributed by atoms with Crippen LogP contribution in [0.3, 0.4) is 0 Å². The second-order valence-electron chi connectivity index (χ2n) is 6.90. The van der Waals surface area contributed by atoms with E-state index >= 15 is 0 Å². The van der Waals surface area contributed by atoms with E-state index in [4.69, 9.17) is 0 Å². The Morgan fingerprint density at radius 2 is 1.64 bits per heavy atom. The Morgan fingerprint density at radius 1 is 1.09 bits per heavy atom. The van der Waals surface area contributed by atoms with Crippen molar-refractivity contribution >= 4 is 17.6 Å². The molecule has 0 saturated carbocycles. The standard InChI is InChI=1S/C16H31N3O3/c1-11(2)13(20)10-12(14(21)18-9-8-17-6)19(7)15(22)16(3,4)5/h11-12,17H,8-10H2,1-7H3,(H,18,21). The fourth-order valence-corrected chi connectivity index (χ4v) is 1.93. The van der Waals surface area contributed by atoms with Crippen LogP contribution in [0.4, 0.5) is 0 Å². The number of nitrogens with one attached hydrogen (secondary N) is 2. The highest BCUT2D eigenvalue weighted by Gasteiger charge is 2.34. The van der Waals surface area contributed by atoms with Crippen LogP contribution in [0.1, 0.15) is 41.0 Å². The molecule has 1 unspecified atom stereocenters. The van der Waals surface area contributed by atoms with Crippen LogP contribution in [0.15, 0.2) is 0 Å². The molecule has 0 saturated heterocycles. The quantitative estimate of drug-likeness (QED) is 0.650. The fourth-order valence-electron chi connectivity index (χ4n) is 1.93. The number of nitrogens with zero attached hydrogens (tertiary/aromatic N) is 1. The van der Waals surface area contributed by atoms with Gasteiger partial charge in [-0.05, 0) is 7.05 Å². The van der Waals surface area contributed by atoms with Gasteiger partial charge in [0.2, 0.25) is 11.8 Å². The maximum Gasteiger partial charge on any atom is 0.243 e. The van der Waals surface area contributed by atoms with E-state index in [1.165, 1.54) is 4.90 Å². The number of hydrogen-bond donors (Lipinski definition) is 2. The summed E-state index contributed by atoms with van der Waals surface area (Å²) in [7, 11) is 3.38. The fraction of sp³-hybridized carbons (Fsp3) is 0.812. The molecule has 0 aliphatic rings. The average molecular weight is 313 g/mol. The molecular weight excluding hydrogens is 282 g/mol. The SMILES string of the molecule is CNCCNC(=O)C(CC(=O)C(C)C)N(C)C(=O)C(C)(C)C. The predicted molar refractivity (Wildman–Crippen MR) is 87.4 cm³/mol. The van der Waals surface area contributed by atoms with Crippen molar-refractivity contribution in [1.82, 2.24) is 15.5 Å². The molecule has 0 aromatic carbocycles. The molecule has 1 atom stereocenters. The molecule has 0 spiro atoms. The molecule has 0 fully saturated rings. The Kier molecular flexibility index (Phi) is 8.30. The largest absolute Gasteiger partial charge is 0.353 e. The summed E-state index contributed by atoms with van der Waals surface area (Å²) in [5.41, 5.74) is -0.598. The van der Waals surface area contributed by atoms with Gasteiger partial charge in [-0.15, -0.1) is 0 Å². The van der Waals surface area contributed by atoms with E-state index in [9.17, 15) is 14.4 Å². The molecular formula is C16H31N3O3. The highest BCUT2D eigenvalue weighted by molar-refractivity contribution is 5.94. The van der Waals surface area contributed by atoms with Crippen molar-refractivity contribution in [1.29, 1.82) is 0 Å². The molecule has 2 N–H and O–H groups in total. The van der Waals surface area contributed by atoms with E-state index in [0.717, 1.165) is 0 Å². The lowest BCUT2D eigenvalue weighted by atomic mass is 9.92. The summed E-state index contributed by atoms with van der Waals surface area (Å²) >= 11 is 0. The monoisotopic (exact) mass is 313 g/mol. The number of ketones is 1. The maximum absolute atomic E-state index is 12.4. The lowest BCUT2D eigenvalue weighted by Crippen LogP contribution is -2.52. The Balaban J connectivity index is 5.11. The molecule has 0 radical (unpaired) electrons. The molecule has 0 bridgehead atoms. The first-order chi connectivity index (χ1) is 10.0. The summed E-state index contributed by atoms with van der Waals surface area (Å²) < 4.78 is 0. The van der Waals surface area contributed by atoms with E-state index in [2.05, 4.69) is 10.6 Å². The minimum absolute atomic E-state index is 0.0256. The van der Waals surface area contributed by atoms with Gasteiger partial charge >= 0.3 is 0 Å². The summed E-state index contributed by atoms with van der Waals surface area (Å²) in [6, 6.07) is -0.765. The van der Waals surface area contributed by atoms with Gasteiger partial charge in [0.25, 0.3) is 0 Å². The van der Waals surface area contributed by atoms with Gasteiger partial charge < -0.3 is 15.5 Å². The molecule has 0 aromatic rings. The van der Waals surface area contributed by atoms with Crippen molar-refractivity contribution in [2.75, 3.05) is 27.2 Å². The Labute approximate surface area is 134 Å². The van der Waals surface area contributed by atoms with Gasteiger partial charge in [0.15, 0.2) is 0 Å².